The predicted octanol–water partition coefficient (Wildman–Crippen LogP) is 1.09. The molecule has 1 amide bonds. The Morgan fingerprint density at radius 3 is 2.77 bits per heavy atom. The summed E-state index contributed by atoms with van der Waals surface area (Å²) in [5.74, 6) is 0.335. The first kappa shape index (κ1) is 16.0. The molecular formula is C17H15N5O4. The molecule has 2 N–H and O–H groups in total. The van der Waals surface area contributed by atoms with Crippen molar-refractivity contribution in [3.63, 3.8) is 0 Å². The van der Waals surface area contributed by atoms with Gasteiger partial charge < -0.3 is 14.4 Å². The lowest BCUT2D eigenvalue weighted by atomic mass is 10.2. The molecule has 0 aliphatic carbocycles. The highest BCUT2D eigenvalue weighted by molar-refractivity contribution is 5.92. The normalized spacial score (nSPS) is 16.8. The van der Waals surface area contributed by atoms with Gasteiger partial charge in [-0.15, -0.1) is 0 Å². The third-order valence-corrected chi connectivity index (χ3v) is 4.26. The zero-order valence-electron chi connectivity index (χ0n) is 13.6. The van der Waals surface area contributed by atoms with Gasteiger partial charge in [-0.05, 0) is 12.8 Å². The van der Waals surface area contributed by atoms with E-state index in [-0.39, 0.29) is 5.69 Å². The second-order valence-electron chi connectivity index (χ2n) is 5.98. The van der Waals surface area contributed by atoms with Crippen LogP contribution in [0.2, 0.25) is 0 Å². The number of nitrogens with zero attached hydrogens (tertiary/aromatic N) is 3. The number of amides is 1. The molecule has 0 bridgehead atoms. The maximum atomic E-state index is 12.7. The minimum Gasteiger partial charge on any atom is -0.337 e. The maximum absolute atomic E-state index is 12.7. The van der Waals surface area contributed by atoms with Crippen LogP contribution in [0.25, 0.3) is 11.4 Å². The van der Waals surface area contributed by atoms with Gasteiger partial charge in [-0.1, -0.05) is 35.5 Å². The SMILES string of the molecule is O=C(c1cc(=O)[nH]c(=O)[nH]1)N1CCC[C@H]1c1nc(-c2ccccc2)no1. The van der Waals surface area contributed by atoms with Crippen LogP contribution in [0.15, 0.2) is 50.5 Å². The molecule has 1 aliphatic rings. The molecule has 1 saturated heterocycles. The van der Waals surface area contributed by atoms with Crippen molar-refractivity contribution in [3.05, 3.63) is 68.8 Å². The van der Waals surface area contributed by atoms with Gasteiger partial charge in [-0.25, -0.2) is 4.79 Å². The number of carbonyl (C=O) groups excluding carboxylic acids is 1. The van der Waals surface area contributed by atoms with Gasteiger partial charge in [-0.3, -0.25) is 14.6 Å². The Labute approximate surface area is 146 Å². The number of aromatic amines is 2. The quantitative estimate of drug-likeness (QED) is 0.726. The molecular weight excluding hydrogens is 338 g/mol. The fraction of sp³-hybridized carbons (Fsp3) is 0.235. The molecule has 9 heteroatoms. The molecule has 0 unspecified atom stereocenters. The summed E-state index contributed by atoms with van der Waals surface area (Å²) in [5, 5.41) is 3.99. The summed E-state index contributed by atoms with van der Waals surface area (Å²) in [4.78, 5) is 45.9. The van der Waals surface area contributed by atoms with Gasteiger partial charge in [0.2, 0.25) is 11.7 Å². The van der Waals surface area contributed by atoms with Crippen molar-refractivity contribution in [2.75, 3.05) is 6.54 Å². The molecule has 3 aromatic rings. The largest absolute Gasteiger partial charge is 0.337 e. The van der Waals surface area contributed by atoms with Crippen LogP contribution in [0.4, 0.5) is 0 Å². The summed E-state index contributed by atoms with van der Waals surface area (Å²) in [7, 11) is 0. The van der Waals surface area contributed by atoms with Gasteiger partial charge in [-0.2, -0.15) is 4.98 Å². The molecule has 0 radical (unpaired) electrons. The van der Waals surface area contributed by atoms with Crippen molar-refractivity contribution >= 4 is 5.91 Å². The Bertz CT molecular complexity index is 1020. The molecule has 26 heavy (non-hydrogen) atoms. The zero-order chi connectivity index (χ0) is 18.1. The Morgan fingerprint density at radius 2 is 2.00 bits per heavy atom. The molecule has 2 aromatic heterocycles. The molecule has 1 atom stereocenters. The summed E-state index contributed by atoms with van der Waals surface area (Å²) in [6.07, 6.45) is 1.42. The molecule has 1 aliphatic heterocycles. The van der Waals surface area contributed by atoms with Gasteiger partial charge in [0, 0.05) is 18.2 Å². The second kappa shape index (κ2) is 6.43. The molecule has 132 valence electrons. The van der Waals surface area contributed by atoms with Crippen molar-refractivity contribution in [1.82, 2.24) is 25.0 Å². The minimum atomic E-state index is -0.722. The third kappa shape index (κ3) is 2.94. The monoisotopic (exact) mass is 353 g/mol. The van der Waals surface area contributed by atoms with Crippen LogP contribution >= 0.6 is 0 Å². The minimum absolute atomic E-state index is 0.0616. The number of rotatable bonds is 3. The first-order valence-corrected chi connectivity index (χ1v) is 8.15. The van der Waals surface area contributed by atoms with E-state index in [2.05, 4.69) is 15.1 Å². The Hall–Kier alpha value is -3.49. The number of benzene rings is 1. The third-order valence-electron chi connectivity index (χ3n) is 4.26. The Balaban J connectivity index is 1.63. The number of aromatic nitrogens is 4. The van der Waals surface area contributed by atoms with E-state index in [0.717, 1.165) is 18.1 Å². The first-order valence-electron chi connectivity index (χ1n) is 8.15. The van der Waals surface area contributed by atoms with Crippen LogP contribution in [-0.2, 0) is 0 Å². The van der Waals surface area contributed by atoms with E-state index >= 15 is 0 Å². The highest BCUT2D eigenvalue weighted by Gasteiger charge is 2.35. The molecule has 3 heterocycles. The number of likely N-dealkylation sites (tertiary alicyclic amines) is 1. The topological polar surface area (TPSA) is 125 Å². The van der Waals surface area contributed by atoms with Crippen LogP contribution < -0.4 is 11.2 Å². The molecule has 1 aromatic carbocycles. The summed E-state index contributed by atoms with van der Waals surface area (Å²) in [5.41, 5.74) is -0.594. The van der Waals surface area contributed by atoms with E-state index in [1.807, 2.05) is 35.3 Å². The van der Waals surface area contributed by atoms with Crippen LogP contribution in [0, 0.1) is 0 Å². The first-order chi connectivity index (χ1) is 12.6. The van der Waals surface area contributed by atoms with Gasteiger partial charge in [0.25, 0.3) is 11.5 Å². The second-order valence-corrected chi connectivity index (χ2v) is 5.98. The zero-order valence-corrected chi connectivity index (χ0v) is 13.6. The fourth-order valence-electron chi connectivity index (χ4n) is 3.08. The number of H-pyrrole nitrogens is 2. The molecule has 0 spiro atoms. The average Bonchev–Trinajstić information content (AvgIpc) is 3.30. The van der Waals surface area contributed by atoms with Crippen LogP contribution in [0.1, 0.15) is 35.3 Å². The van der Waals surface area contributed by atoms with E-state index in [1.54, 1.807) is 0 Å². The van der Waals surface area contributed by atoms with Crippen molar-refractivity contribution in [2.24, 2.45) is 0 Å². The smallest absolute Gasteiger partial charge is 0.326 e. The highest BCUT2D eigenvalue weighted by atomic mass is 16.5. The van der Waals surface area contributed by atoms with Gasteiger partial charge in [0.15, 0.2) is 0 Å². The van der Waals surface area contributed by atoms with Crippen LogP contribution in [0.5, 0.6) is 0 Å². The molecule has 1 fully saturated rings. The van der Waals surface area contributed by atoms with E-state index in [4.69, 9.17) is 4.52 Å². The number of carbonyl (C=O) groups is 1. The average molecular weight is 353 g/mol. The number of nitrogens with one attached hydrogen (secondary N) is 2. The summed E-state index contributed by atoms with van der Waals surface area (Å²) in [6, 6.07) is 10.1. The standard InChI is InChI=1S/C17H15N5O4/c23-13-9-11(18-17(25)19-13)16(24)22-8-4-7-12(22)15-20-14(21-26-15)10-5-2-1-3-6-10/h1-3,5-6,9,12H,4,7-8H2,(H2,18,19,23,25)/t12-/m0/s1. The van der Waals surface area contributed by atoms with Crippen LogP contribution in [-0.4, -0.2) is 37.5 Å². The van der Waals surface area contributed by atoms with Crippen molar-refractivity contribution in [3.8, 4) is 11.4 Å². The maximum Gasteiger partial charge on any atom is 0.326 e. The summed E-state index contributed by atoms with van der Waals surface area (Å²) >= 11 is 0. The lowest BCUT2D eigenvalue weighted by Gasteiger charge is -2.21. The predicted molar refractivity (Wildman–Crippen MR) is 90.4 cm³/mol. The van der Waals surface area contributed by atoms with Gasteiger partial charge in [0.1, 0.15) is 11.7 Å². The van der Waals surface area contributed by atoms with Crippen molar-refractivity contribution in [1.29, 1.82) is 0 Å². The highest BCUT2D eigenvalue weighted by Crippen LogP contribution is 2.32. The van der Waals surface area contributed by atoms with E-state index in [9.17, 15) is 14.4 Å². The lowest BCUT2D eigenvalue weighted by Crippen LogP contribution is -2.34. The number of hydrogen-bond acceptors (Lipinski definition) is 6. The summed E-state index contributed by atoms with van der Waals surface area (Å²) < 4.78 is 5.37. The van der Waals surface area contributed by atoms with Crippen LogP contribution in [0.3, 0.4) is 0 Å². The van der Waals surface area contributed by atoms with E-state index < -0.39 is 23.2 Å². The molecule has 4 rings (SSSR count). The Kier molecular flexibility index (Phi) is 3.96. The molecule has 9 nitrogen and oxygen atoms in total. The van der Waals surface area contributed by atoms with Crippen molar-refractivity contribution < 1.29 is 9.32 Å². The van der Waals surface area contributed by atoms with E-state index in [1.165, 1.54) is 4.90 Å². The Morgan fingerprint density at radius 1 is 1.19 bits per heavy atom. The van der Waals surface area contributed by atoms with Gasteiger partial charge in [0.05, 0.1) is 0 Å². The van der Waals surface area contributed by atoms with Gasteiger partial charge >= 0.3 is 5.69 Å². The van der Waals surface area contributed by atoms with E-state index in [0.29, 0.717) is 24.7 Å². The number of hydrogen-bond donors (Lipinski definition) is 2. The lowest BCUT2D eigenvalue weighted by molar-refractivity contribution is 0.0703. The summed E-state index contributed by atoms with van der Waals surface area (Å²) in [6.45, 7) is 0.474. The molecule has 0 saturated carbocycles. The van der Waals surface area contributed by atoms with Crippen molar-refractivity contribution in [2.45, 2.75) is 18.9 Å². The fourth-order valence-corrected chi connectivity index (χ4v) is 3.08.